The van der Waals surface area contributed by atoms with Crippen LogP contribution in [-0.2, 0) is 11.8 Å². The van der Waals surface area contributed by atoms with Crippen LogP contribution >= 0.6 is 22.6 Å². The third kappa shape index (κ3) is 1.84. The fraction of sp³-hybridized carbons (Fsp3) is 0.182. The number of carbonyl (C=O) groups excluding carboxylic acids is 1. The smallest absolute Gasteiger partial charge is 0.347 e. The van der Waals surface area contributed by atoms with Crippen molar-refractivity contribution in [2.75, 3.05) is 7.11 Å². The number of aromatic nitrogens is 2. The van der Waals surface area contributed by atoms with Crippen LogP contribution in [0, 0.1) is 3.57 Å². The summed E-state index contributed by atoms with van der Waals surface area (Å²) in [4.78, 5) is 27.5. The lowest BCUT2D eigenvalue weighted by atomic mass is 10.1. The van der Waals surface area contributed by atoms with Gasteiger partial charge in [-0.25, -0.2) is 9.78 Å². The zero-order chi connectivity index (χ0) is 13.4. The van der Waals surface area contributed by atoms with E-state index >= 15 is 0 Å². The molecule has 1 N–H and O–H groups in total. The molecule has 2 heterocycles. The molecule has 2 aromatic heterocycles. The average molecular weight is 360 g/mol. The number of methoxy groups -OCH3 is 1. The first-order valence-electron chi connectivity index (χ1n) is 4.93. The van der Waals surface area contributed by atoms with E-state index in [1.165, 1.54) is 11.6 Å². The van der Waals surface area contributed by atoms with Gasteiger partial charge in [-0.05, 0) is 28.7 Å². The number of rotatable bonds is 1. The van der Waals surface area contributed by atoms with Gasteiger partial charge in [0, 0.05) is 16.8 Å². The highest BCUT2D eigenvalue weighted by Crippen LogP contribution is 2.26. The summed E-state index contributed by atoms with van der Waals surface area (Å²) in [6, 6.07) is 1.64. The lowest BCUT2D eigenvalue weighted by Gasteiger charge is -2.09. The molecule has 0 aliphatic heterocycles. The van der Waals surface area contributed by atoms with Crippen LogP contribution < -0.4 is 5.56 Å². The van der Waals surface area contributed by atoms with Crippen molar-refractivity contribution in [2.24, 2.45) is 7.05 Å². The van der Waals surface area contributed by atoms with Crippen molar-refractivity contribution in [3.05, 3.63) is 31.8 Å². The number of carbonyl (C=O) groups is 1. The monoisotopic (exact) mass is 360 g/mol. The van der Waals surface area contributed by atoms with Gasteiger partial charge < -0.3 is 9.84 Å². The largest absolute Gasteiger partial charge is 0.506 e. The lowest BCUT2D eigenvalue weighted by Crippen LogP contribution is -2.26. The quantitative estimate of drug-likeness (QED) is 0.607. The van der Waals surface area contributed by atoms with Crippen molar-refractivity contribution >= 4 is 39.6 Å². The van der Waals surface area contributed by atoms with Crippen molar-refractivity contribution < 1.29 is 14.6 Å². The van der Waals surface area contributed by atoms with Crippen LogP contribution in [0.25, 0.3) is 11.0 Å². The van der Waals surface area contributed by atoms with Gasteiger partial charge in [-0.15, -0.1) is 0 Å². The van der Waals surface area contributed by atoms with Crippen LogP contribution in [0.15, 0.2) is 17.1 Å². The van der Waals surface area contributed by atoms with Crippen molar-refractivity contribution in [1.82, 2.24) is 9.55 Å². The minimum absolute atomic E-state index is 0.311. The second-order valence-electron chi connectivity index (χ2n) is 3.60. The standard InChI is InChI=1S/C11H9IN2O4/c1-14-9-6(3-5(12)4-13-9)8(15)7(10(14)16)11(17)18-2/h3-4,15H,1-2H3. The Labute approximate surface area is 115 Å². The molecular weight excluding hydrogens is 351 g/mol. The second-order valence-corrected chi connectivity index (χ2v) is 4.85. The van der Waals surface area contributed by atoms with E-state index in [1.54, 1.807) is 12.3 Å². The highest BCUT2D eigenvalue weighted by molar-refractivity contribution is 14.1. The fourth-order valence-corrected chi connectivity index (χ4v) is 2.11. The van der Waals surface area contributed by atoms with E-state index in [-0.39, 0.29) is 5.56 Å². The van der Waals surface area contributed by atoms with Gasteiger partial charge in [-0.2, -0.15) is 0 Å². The Kier molecular flexibility index (Phi) is 3.24. The van der Waals surface area contributed by atoms with E-state index in [0.29, 0.717) is 11.0 Å². The molecule has 0 spiro atoms. The predicted molar refractivity (Wildman–Crippen MR) is 72.7 cm³/mol. The summed E-state index contributed by atoms with van der Waals surface area (Å²) in [5.74, 6) is -1.26. The number of aromatic hydroxyl groups is 1. The summed E-state index contributed by atoms with van der Waals surface area (Å²) in [7, 11) is 2.63. The molecule has 0 bridgehead atoms. The SMILES string of the molecule is COC(=O)c1c(O)c2cc(I)cnc2n(C)c1=O. The van der Waals surface area contributed by atoms with Crippen LogP contribution in [0.1, 0.15) is 10.4 Å². The molecule has 0 radical (unpaired) electrons. The number of hydrogen-bond donors (Lipinski definition) is 1. The van der Waals surface area contributed by atoms with E-state index in [9.17, 15) is 14.7 Å². The highest BCUT2D eigenvalue weighted by atomic mass is 127. The molecule has 0 fully saturated rings. The third-order valence-corrected chi connectivity index (χ3v) is 3.14. The van der Waals surface area contributed by atoms with Crippen LogP contribution in [0.3, 0.4) is 0 Å². The zero-order valence-electron chi connectivity index (χ0n) is 9.60. The average Bonchev–Trinajstić information content (AvgIpc) is 2.36. The maximum absolute atomic E-state index is 11.9. The van der Waals surface area contributed by atoms with Gasteiger partial charge in [0.25, 0.3) is 5.56 Å². The molecule has 0 aliphatic rings. The van der Waals surface area contributed by atoms with Crippen LogP contribution in [-0.4, -0.2) is 27.7 Å². The molecule has 6 nitrogen and oxygen atoms in total. The number of esters is 1. The molecule has 0 unspecified atom stereocenters. The Balaban J connectivity index is 2.98. The van der Waals surface area contributed by atoms with E-state index in [4.69, 9.17) is 0 Å². The Bertz CT molecular complexity index is 708. The lowest BCUT2D eigenvalue weighted by molar-refractivity contribution is 0.0595. The minimum atomic E-state index is -0.867. The van der Waals surface area contributed by atoms with Gasteiger partial charge in [0.05, 0.1) is 12.5 Å². The number of aryl methyl sites for hydroxylation is 1. The zero-order valence-corrected chi connectivity index (χ0v) is 11.8. The van der Waals surface area contributed by atoms with Gasteiger partial charge in [-0.1, -0.05) is 0 Å². The van der Waals surface area contributed by atoms with Gasteiger partial charge in [0.1, 0.15) is 11.4 Å². The third-order valence-electron chi connectivity index (χ3n) is 2.55. The first-order chi connectivity index (χ1) is 8.47. The Morgan fingerprint density at radius 3 is 2.83 bits per heavy atom. The summed E-state index contributed by atoms with van der Waals surface area (Å²) in [6.07, 6.45) is 1.57. The molecule has 2 rings (SSSR count). The van der Waals surface area contributed by atoms with Crippen LogP contribution in [0.4, 0.5) is 0 Å². The number of nitrogens with zero attached hydrogens (tertiary/aromatic N) is 2. The van der Waals surface area contributed by atoms with Crippen LogP contribution in [0.5, 0.6) is 5.75 Å². The first kappa shape index (κ1) is 12.8. The van der Waals surface area contributed by atoms with E-state index in [1.807, 2.05) is 22.6 Å². The number of hydrogen-bond acceptors (Lipinski definition) is 5. The van der Waals surface area contributed by atoms with Crippen molar-refractivity contribution in [3.8, 4) is 5.75 Å². The molecule has 0 aliphatic carbocycles. The number of pyridine rings is 2. The van der Waals surface area contributed by atoms with Crippen molar-refractivity contribution in [1.29, 1.82) is 0 Å². The van der Waals surface area contributed by atoms with E-state index in [2.05, 4.69) is 9.72 Å². The van der Waals surface area contributed by atoms with Crippen molar-refractivity contribution in [2.45, 2.75) is 0 Å². The molecule has 94 valence electrons. The fourth-order valence-electron chi connectivity index (χ4n) is 1.66. The van der Waals surface area contributed by atoms with Gasteiger partial charge in [-0.3, -0.25) is 9.36 Å². The topological polar surface area (TPSA) is 81.4 Å². The summed E-state index contributed by atoms with van der Waals surface area (Å²) >= 11 is 2.03. The van der Waals surface area contributed by atoms with Gasteiger partial charge in [0.2, 0.25) is 0 Å². The number of ether oxygens (including phenoxy) is 1. The molecule has 18 heavy (non-hydrogen) atoms. The van der Waals surface area contributed by atoms with Gasteiger partial charge >= 0.3 is 5.97 Å². The summed E-state index contributed by atoms with van der Waals surface area (Å²) in [5, 5.41) is 10.4. The van der Waals surface area contributed by atoms with E-state index < -0.39 is 17.3 Å². The maximum atomic E-state index is 11.9. The number of fused-ring (bicyclic) bond motifs is 1. The number of halogens is 1. The van der Waals surface area contributed by atoms with Gasteiger partial charge in [0.15, 0.2) is 5.56 Å². The van der Waals surface area contributed by atoms with Crippen LogP contribution in [0.2, 0.25) is 0 Å². The molecule has 2 aromatic rings. The predicted octanol–water partition coefficient (Wildman–Crippen LogP) is 1.03. The molecule has 0 saturated heterocycles. The highest BCUT2D eigenvalue weighted by Gasteiger charge is 2.22. The maximum Gasteiger partial charge on any atom is 0.347 e. The summed E-state index contributed by atoms with van der Waals surface area (Å²) < 4.78 is 6.49. The van der Waals surface area contributed by atoms with Crippen molar-refractivity contribution in [3.63, 3.8) is 0 Å². The molecule has 0 atom stereocenters. The Morgan fingerprint density at radius 1 is 1.56 bits per heavy atom. The molecular formula is C11H9IN2O4. The first-order valence-corrected chi connectivity index (χ1v) is 6.00. The Morgan fingerprint density at radius 2 is 2.22 bits per heavy atom. The van der Waals surface area contributed by atoms with E-state index in [0.717, 1.165) is 10.7 Å². The molecule has 0 saturated carbocycles. The molecule has 0 amide bonds. The Hall–Kier alpha value is -1.64. The summed E-state index contributed by atoms with van der Waals surface area (Å²) in [6.45, 7) is 0. The summed E-state index contributed by atoms with van der Waals surface area (Å²) in [5.41, 5.74) is -0.706. The molecule has 0 aromatic carbocycles. The normalized spacial score (nSPS) is 10.6. The second kappa shape index (κ2) is 4.56. The minimum Gasteiger partial charge on any atom is -0.506 e. The molecule has 7 heteroatoms.